The van der Waals surface area contributed by atoms with Crippen molar-refractivity contribution < 1.29 is 9.59 Å². The Balaban J connectivity index is 1.61. The molecule has 3 rings (SSSR count). The number of hydrogen-bond acceptors (Lipinski definition) is 3. The molecule has 27 heavy (non-hydrogen) atoms. The van der Waals surface area contributed by atoms with Crippen molar-refractivity contribution in [1.82, 2.24) is 9.80 Å². The topological polar surface area (TPSA) is 40.6 Å². The Kier molecular flexibility index (Phi) is 6.55. The fraction of sp³-hybridized carbons (Fsp3) is 0.429. The predicted octanol–water partition coefficient (Wildman–Crippen LogP) is 4.79. The van der Waals surface area contributed by atoms with Crippen molar-refractivity contribution >= 4 is 34.8 Å². The lowest BCUT2D eigenvalue weighted by atomic mass is 9.95. The van der Waals surface area contributed by atoms with E-state index in [1.165, 1.54) is 11.3 Å². The van der Waals surface area contributed by atoms with Gasteiger partial charge in [-0.1, -0.05) is 23.7 Å². The number of amides is 2. The number of rotatable bonds is 5. The summed E-state index contributed by atoms with van der Waals surface area (Å²) in [6.07, 6.45) is 1.49. The zero-order chi connectivity index (χ0) is 19.4. The molecule has 1 aliphatic rings. The van der Waals surface area contributed by atoms with Gasteiger partial charge in [0, 0.05) is 42.0 Å². The molecule has 0 bridgehead atoms. The van der Waals surface area contributed by atoms with E-state index in [1.54, 1.807) is 0 Å². The van der Waals surface area contributed by atoms with Crippen LogP contribution in [-0.4, -0.2) is 47.8 Å². The van der Waals surface area contributed by atoms with Gasteiger partial charge in [0.25, 0.3) is 5.91 Å². The Morgan fingerprint density at radius 2 is 1.70 bits per heavy atom. The van der Waals surface area contributed by atoms with Gasteiger partial charge in [0.15, 0.2) is 0 Å². The molecule has 2 amide bonds. The van der Waals surface area contributed by atoms with Crippen LogP contribution in [0.2, 0.25) is 5.02 Å². The standard InChI is InChI=1S/C21H25ClN2O2S/c1-3-23(4-2)20(25)16-11-13-24(14-12-16)21(26)19-10-9-18(27-19)15-5-7-17(22)8-6-15/h5-10,16H,3-4,11-14H2,1-2H3. The number of carbonyl (C=O) groups is 2. The minimum Gasteiger partial charge on any atom is -0.343 e. The molecule has 0 N–H and O–H groups in total. The van der Waals surface area contributed by atoms with Gasteiger partial charge >= 0.3 is 0 Å². The van der Waals surface area contributed by atoms with Crippen molar-refractivity contribution in [2.24, 2.45) is 5.92 Å². The maximum absolute atomic E-state index is 12.8. The molecule has 144 valence electrons. The first-order valence-electron chi connectivity index (χ1n) is 9.47. The molecule has 0 unspecified atom stereocenters. The molecule has 1 saturated heterocycles. The van der Waals surface area contributed by atoms with E-state index in [4.69, 9.17) is 11.6 Å². The van der Waals surface area contributed by atoms with Crippen molar-refractivity contribution in [1.29, 1.82) is 0 Å². The molecular formula is C21H25ClN2O2S. The van der Waals surface area contributed by atoms with Crippen molar-refractivity contribution in [3.05, 3.63) is 46.3 Å². The largest absolute Gasteiger partial charge is 0.343 e. The molecule has 0 saturated carbocycles. The van der Waals surface area contributed by atoms with Crippen LogP contribution in [0.25, 0.3) is 10.4 Å². The smallest absolute Gasteiger partial charge is 0.263 e. The number of piperidine rings is 1. The maximum atomic E-state index is 12.8. The van der Waals surface area contributed by atoms with E-state index in [0.717, 1.165) is 41.2 Å². The highest BCUT2D eigenvalue weighted by molar-refractivity contribution is 7.17. The highest BCUT2D eigenvalue weighted by Gasteiger charge is 2.30. The first kappa shape index (κ1) is 19.9. The molecule has 2 heterocycles. The lowest BCUT2D eigenvalue weighted by molar-refractivity contribution is -0.136. The van der Waals surface area contributed by atoms with Crippen molar-refractivity contribution in [2.75, 3.05) is 26.2 Å². The number of thiophene rings is 1. The number of carbonyl (C=O) groups excluding carboxylic acids is 2. The lowest BCUT2D eigenvalue weighted by Gasteiger charge is -2.33. The Morgan fingerprint density at radius 1 is 1.07 bits per heavy atom. The number of nitrogens with zero attached hydrogens (tertiary/aromatic N) is 2. The Morgan fingerprint density at radius 3 is 2.30 bits per heavy atom. The summed E-state index contributed by atoms with van der Waals surface area (Å²) in [5, 5.41) is 0.703. The van der Waals surface area contributed by atoms with Gasteiger partial charge in [0.05, 0.1) is 4.88 Å². The highest BCUT2D eigenvalue weighted by atomic mass is 35.5. The quantitative estimate of drug-likeness (QED) is 0.718. The van der Waals surface area contributed by atoms with Crippen LogP contribution in [0, 0.1) is 5.92 Å². The second-order valence-electron chi connectivity index (χ2n) is 6.75. The normalized spacial score (nSPS) is 15.0. The van der Waals surface area contributed by atoms with Gasteiger partial charge in [-0.3, -0.25) is 9.59 Å². The van der Waals surface area contributed by atoms with E-state index in [2.05, 4.69) is 0 Å². The third kappa shape index (κ3) is 4.53. The Hall–Kier alpha value is -1.85. The molecule has 0 aliphatic carbocycles. The van der Waals surface area contributed by atoms with Gasteiger partial charge in [0.2, 0.25) is 5.91 Å². The molecule has 6 heteroatoms. The fourth-order valence-electron chi connectivity index (χ4n) is 3.50. The summed E-state index contributed by atoms with van der Waals surface area (Å²) in [6.45, 7) is 6.80. The van der Waals surface area contributed by atoms with Gasteiger partial charge in [-0.2, -0.15) is 0 Å². The van der Waals surface area contributed by atoms with E-state index in [9.17, 15) is 9.59 Å². The summed E-state index contributed by atoms with van der Waals surface area (Å²) < 4.78 is 0. The van der Waals surface area contributed by atoms with Gasteiger partial charge in [-0.25, -0.2) is 0 Å². The van der Waals surface area contributed by atoms with E-state index >= 15 is 0 Å². The van der Waals surface area contributed by atoms with Crippen LogP contribution in [0.3, 0.4) is 0 Å². The van der Waals surface area contributed by atoms with E-state index in [1.807, 2.05) is 60.0 Å². The van der Waals surface area contributed by atoms with E-state index in [0.29, 0.717) is 18.1 Å². The minimum atomic E-state index is 0.0434. The van der Waals surface area contributed by atoms with Crippen molar-refractivity contribution in [3.63, 3.8) is 0 Å². The zero-order valence-corrected chi connectivity index (χ0v) is 17.4. The molecule has 1 fully saturated rings. The molecule has 0 spiro atoms. The summed E-state index contributed by atoms with van der Waals surface area (Å²) in [7, 11) is 0. The number of likely N-dealkylation sites (tertiary alicyclic amines) is 1. The van der Waals surface area contributed by atoms with Crippen LogP contribution in [0.4, 0.5) is 0 Å². The molecular weight excluding hydrogens is 380 g/mol. The summed E-state index contributed by atoms with van der Waals surface area (Å²) in [5.74, 6) is 0.337. The maximum Gasteiger partial charge on any atom is 0.263 e. The highest BCUT2D eigenvalue weighted by Crippen LogP contribution is 2.30. The monoisotopic (exact) mass is 404 g/mol. The van der Waals surface area contributed by atoms with Gasteiger partial charge in [-0.15, -0.1) is 11.3 Å². The number of benzene rings is 1. The minimum absolute atomic E-state index is 0.0434. The van der Waals surface area contributed by atoms with Crippen LogP contribution in [0.5, 0.6) is 0 Å². The van der Waals surface area contributed by atoms with E-state index in [-0.39, 0.29) is 17.7 Å². The number of halogens is 1. The molecule has 4 nitrogen and oxygen atoms in total. The first-order chi connectivity index (χ1) is 13.0. The van der Waals surface area contributed by atoms with Crippen molar-refractivity contribution in [2.45, 2.75) is 26.7 Å². The van der Waals surface area contributed by atoms with Crippen LogP contribution < -0.4 is 0 Å². The zero-order valence-electron chi connectivity index (χ0n) is 15.8. The SMILES string of the molecule is CCN(CC)C(=O)C1CCN(C(=O)c2ccc(-c3ccc(Cl)cc3)s2)CC1. The van der Waals surface area contributed by atoms with Crippen LogP contribution >= 0.6 is 22.9 Å². The molecule has 1 aliphatic heterocycles. The lowest BCUT2D eigenvalue weighted by Crippen LogP contribution is -2.44. The van der Waals surface area contributed by atoms with Crippen LogP contribution in [0.15, 0.2) is 36.4 Å². The van der Waals surface area contributed by atoms with Gasteiger partial charge < -0.3 is 9.80 Å². The summed E-state index contributed by atoms with van der Waals surface area (Å²) in [5.41, 5.74) is 1.06. The molecule has 2 aromatic rings. The van der Waals surface area contributed by atoms with E-state index < -0.39 is 0 Å². The predicted molar refractivity (Wildman–Crippen MR) is 111 cm³/mol. The van der Waals surface area contributed by atoms with Crippen molar-refractivity contribution in [3.8, 4) is 10.4 Å². The second kappa shape index (κ2) is 8.89. The second-order valence-corrected chi connectivity index (χ2v) is 8.27. The Labute approximate surface area is 169 Å². The molecule has 0 atom stereocenters. The third-order valence-electron chi connectivity index (χ3n) is 5.15. The summed E-state index contributed by atoms with van der Waals surface area (Å²) in [4.78, 5) is 30.9. The first-order valence-corrected chi connectivity index (χ1v) is 10.7. The number of hydrogen-bond donors (Lipinski definition) is 0. The average Bonchev–Trinajstić information content (AvgIpc) is 3.19. The molecule has 0 radical (unpaired) electrons. The Bertz CT molecular complexity index is 791. The average molecular weight is 405 g/mol. The summed E-state index contributed by atoms with van der Waals surface area (Å²) in [6, 6.07) is 11.5. The third-order valence-corrected chi connectivity index (χ3v) is 6.53. The van der Waals surface area contributed by atoms with Gasteiger partial charge in [0.1, 0.15) is 0 Å². The van der Waals surface area contributed by atoms with Crippen LogP contribution in [-0.2, 0) is 4.79 Å². The summed E-state index contributed by atoms with van der Waals surface area (Å²) >= 11 is 7.45. The molecule has 1 aromatic carbocycles. The van der Waals surface area contributed by atoms with Gasteiger partial charge in [-0.05, 0) is 56.5 Å². The fourth-order valence-corrected chi connectivity index (χ4v) is 4.61. The van der Waals surface area contributed by atoms with Crippen LogP contribution in [0.1, 0.15) is 36.4 Å². The molecule has 1 aromatic heterocycles.